The second kappa shape index (κ2) is 8.51. The molecule has 0 fully saturated rings. The third-order valence-corrected chi connectivity index (χ3v) is 4.27. The summed E-state index contributed by atoms with van der Waals surface area (Å²) in [5.41, 5.74) is 1.22. The number of fused-ring (bicyclic) bond motifs is 1. The van der Waals surface area contributed by atoms with Crippen LogP contribution in [0.2, 0.25) is 5.02 Å². The number of carbonyl (C=O) groups is 1. The van der Waals surface area contributed by atoms with E-state index in [1.165, 1.54) is 11.0 Å². The molecule has 0 N–H and O–H groups in total. The lowest BCUT2D eigenvalue weighted by Crippen LogP contribution is -2.29. The zero-order chi connectivity index (χ0) is 20.1. The summed E-state index contributed by atoms with van der Waals surface area (Å²) in [4.78, 5) is 13.1. The van der Waals surface area contributed by atoms with Gasteiger partial charge >= 0.3 is 0 Å². The average Bonchev–Trinajstić information content (AvgIpc) is 3.11. The maximum absolute atomic E-state index is 11.5. The molecule has 0 spiro atoms. The van der Waals surface area contributed by atoms with Crippen molar-refractivity contribution in [1.29, 1.82) is 5.26 Å². The number of ether oxygens (including phenoxy) is 2. The Morgan fingerprint density at radius 3 is 2.75 bits per heavy atom. The number of nitriles is 1. The minimum absolute atomic E-state index is 0.170. The fourth-order valence-corrected chi connectivity index (χ4v) is 2.83. The molecule has 2 aromatic heterocycles. The summed E-state index contributed by atoms with van der Waals surface area (Å²) >= 11 is 6.18. The van der Waals surface area contributed by atoms with Gasteiger partial charge in [0.25, 0.3) is 0 Å². The topological polar surface area (TPSA) is 67.0 Å². The van der Waals surface area contributed by atoms with Crippen molar-refractivity contribution in [3.63, 3.8) is 0 Å². The molecule has 0 aliphatic heterocycles. The molecule has 142 valence electrons. The van der Waals surface area contributed by atoms with Crippen molar-refractivity contribution >= 4 is 23.0 Å². The van der Waals surface area contributed by atoms with Crippen LogP contribution in [0, 0.1) is 11.3 Å². The maximum atomic E-state index is 11.5. The van der Waals surface area contributed by atoms with E-state index in [2.05, 4.69) is 12.6 Å². The van der Waals surface area contributed by atoms with Gasteiger partial charge in [-0.15, -0.1) is 0 Å². The van der Waals surface area contributed by atoms with Gasteiger partial charge in [-0.2, -0.15) is 5.26 Å². The van der Waals surface area contributed by atoms with E-state index in [9.17, 15) is 4.79 Å². The molecular weight excluding hydrogens is 378 g/mol. The average molecular weight is 396 g/mol. The first-order chi connectivity index (χ1) is 13.5. The lowest BCUT2D eigenvalue weighted by atomic mass is 10.3. The number of amides is 1. The van der Waals surface area contributed by atoms with Crippen LogP contribution in [0.25, 0.3) is 5.52 Å². The standard InChI is InChI=1S/C21H18ClN3O3/c1-3-21(26)24(2)8-9-27-18-6-4-5-7-19(18)28-20-11-16(22)14-25-13-15(12-23)10-17(20)25/h3-7,10-11,13-14H,1,8-9H2,2H3. The van der Waals surface area contributed by atoms with Crippen molar-refractivity contribution in [2.45, 2.75) is 0 Å². The number of para-hydroxylation sites is 2. The van der Waals surface area contributed by atoms with Crippen LogP contribution >= 0.6 is 11.6 Å². The van der Waals surface area contributed by atoms with Gasteiger partial charge in [-0.25, -0.2) is 0 Å². The van der Waals surface area contributed by atoms with Crippen molar-refractivity contribution in [3.05, 3.63) is 72.0 Å². The summed E-state index contributed by atoms with van der Waals surface area (Å²) in [6.07, 6.45) is 4.65. The van der Waals surface area contributed by atoms with E-state index in [0.717, 1.165) is 0 Å². The first kappa shape index (κ1) is 19.3. The number of likely N-dealkylation sites (N-methyl/N-ethyl adjacent to an activating group) is 1. The van der Waals surface area contributed by atoms with Gasteiger partial charge in [-0.1, -0.05) is 30.3 Å². The van der Waals surface area contributed by atoms with Gasteiger partial charge in [0.2, 0.25) is 5.91 Å². The number of benzene rings is 1. The number of halogens is 1. The van der Waals surface area contributed by atoms with Crippen LogP contribution in [0.5, 0.6) is 17.2 Å². The monoisotopic (exact) mass is 395 g/mol. The van der Waals surface area contributed by atoms with Crippen molar-refractivity contribution in [2.75, 3.05) is 20.2 Å². The van der Waals surface area contributed by atoms with Crippen LogP contribution in [0.4, 0.5) is 0 Å². The summed E-state index contributed by atoms with van der Waals surface area (Å²) in [7, 11) is 1.68. The molecule has 7 heteroatoms. The molecule has 0 unspecified atom stereocenters. The normalized spacial score (nSPS) is 10.3. The minimum atomic E-state index is -0.170. The zero-order valence-corrected chi connectivity index (χ0v) is 16.0. The van der Waals surface area contributed by atoms with Gasteiger partial charge < -0.3 is 18.8 Å². The first-order valence-corrected chi connectivity index (χ1v) is 8.88. The molecule has 0 saturated heterocycles. The molecule has 0 bridgehead atoms. The largest absolute Gasteiger partial charge is 0.488 e. The highest BCUT2D eigenvalue weighted by Gasteiger charge is 2.12. The van der Waals surface area contributed by atoms with Crippen LogP contribution in [-0.2, 0) is 4.79 Å². The van der Waals surface area contributed by atoms with E-state index >= 15 is 0 Å². The number of rotatable bonds is 7. The van der Waals surface area contributed by atoms with E-state index in [4.69, 9.17) is 26.3 Å². The van der Waals surface area contributed by atoms with Gasteiger partial charge in [-0.05, 0) is 24.3 Å². The Morgan fingerprint density at radius 1 is 1.29 bits per heavy atom. The van der Waals surface area contributed by atoms with E-state index in [1.54, 1.807) is 48.1 Å². The van der Waals surface area contributed by atoms with Crippen LogP contribution in [0.15, 0.2) is 61.4 Å². The van der Waals surface area contributed by atoms with Crippen LogP contribution in [0.3, 0.4) is 0 Å². The van der Waals surface area contributed by atoms with Crippen molar-refractivity contribution in [2.24, 2.45) is 0 Å². The number of hydrogen-bond acceptors (Lipinski definition) is 4. The third-order valence-electron chi connectivity index (χ3n) is 4.07. The molecule has 6 nitrogen and oxygen atoms in total. The Hall–Kier alpha value is -3.43. The Labute approximate surface area is 167 Å². The molecule has 28 heavy (non-hydrogen) atoms. The molecule has 0 aliphatic rings. The lowest BCUT2D eigenvalue weighted by Gasteiger charge is -2.17. The summed E-state index contributed by atoms with van der Waals surface area (Å²) in [5.74, 6) is 1.37. The van der Waals surface area contributed by atoms with Gasteiger partial charge in [0.05, 0.1) is 22.6 Å². The first-order valence-electron chi connectivity index (χ1n) is 8.50. The third kappa shape index (κ3) is 4.27. The lowest BCUT2D eigenvalue weighted by molar-refractivity contribution is -0.125. The number of nitrogens with zero attached hydrogens (tertiary/aromatic N) is 3. The summed E-state index contributed by atoms with van der Waals surface area (Å²) in [6.45, 7) is 4.17. The highest BCUT2D eigenvalue weighted by molar-refractivity contribution is 6.30. The molecular formula is C21H18ClN3O3. The second-order valence-corrected chi connectivity index (χ2v) is 6.45. The van der Waals surface area contributed by atoms with E-state index < -0.39 is 0 Å². The smallest absolute Gasteiger partial charge is 0.245 e. The Kier molecular flexibility index (Phi) is 5.87. The molecule has 1 amide bonds. The maximum Gasteiger partial charge on any atom is 0.245 e. The summed E-state index contributed by atoms with van der Waals surface area (Å²) < 4.78 is 13.6. The fourth-order valence-electron chi connectivity index (χ4n) is 2.63. The molecule has 1 aromatic carbocycles. The highest BCUT2D eigenvalue weighted by Crippen LogP contribution is 2.35. The molecule has 0 saturated carbocycles. The SMILES string of the molecule is C=CC(=O)N(C)CCOc1ccccc1Oc1cc(Cl)cn2cc(C#N)cc12. The predicted octanol–water partition coefficient (Wildman–Crippen LogP) is 4.28. The summed E-state index contributed by atoms with van der Waals surface area (Å²) in [6, 6.07) is 12.7. The molecule has 0 radical (unpaired) electrons. The molecule has 3 aromatic rings. The van der Waals surface area contributed by atoms with E-state index in [0.29, 0.717) is 46.5 Å². The van der Waals surface area contributed by atoms with Gasteiger partial charge in [0.15, 0.2) is 17.2 Å². The number of aromatic nitrogens is 1. The molecule has 3 rings (SSSR count). The zero-order valence-electron chi connectivity index (χ0n) is 15.3. The Bertz CT molecular complexity index is 1070. The van der Waals surface area contributed by atoms with Crippen molar-refractivity contribution in [1.82, 2.24) is 9.30 Å². The van der Waals surface area contributed by atoms with Crippen molar-refractivity contribution in [3.8, 4) is 23.3 Å². The molecule has 2 heterocycles. The van der Waals surface area contributed by atoms with Gasteiger partial charge in [0.1, 0.15) is 12.7 Å². The minimum Gasteiger partial charge on any atom is -0.488 e. The second-order valence-electron chi connectivity index (χ2n) is 6.02. The molecule has 0 aliphatic carbocycles. The van der Waals surface area contributed by atoms with Crippen molar-refractivity contribution < 1.29 is 14.3 Å². The number of hydrogen-bond donors (Lipinski definition) is 0. The Balaban J connectivity index is 1.81. The fraction of sp³-hybridized carbons (Fsp3) is 0.143. The molecule has 0 atom stereocenters. The van der Waals surface area contributed by atoms with Crippen LogP contribution < -0.4 is 9.47 Å². The highest BCUT2D eigenvalue weighted by atomic mass is 35.5. The number of carbonyl (C=O) groups excluding carboxylic acids is 1. The van der Waals surface area contributed by atoms with Crippen LogP contribution in [0.1, 0.15) is 5.56 Å². The predicted molar refractivity (Wildman–Crippen MR) is 107 cm³/mol. The quantitative estimate of drug-likeness (QED) is 0.560. The Morgan fingerprint density at radius 2 is 2.04 bits per heavy atom. The van der Waals surface area contributed by atoms with E-state index in [-0.39, 0.29) is 5.91 Å². The number of pyridine rings is 1. The summed E-state index contributed by atoms with van der Waals surface area (Å²) in [5, 5.41) is 9.62. The van der Waals surface area contributed by atoms with E-state index in [1.807, 2.05) is 12.1 Å². The van der Waals surface area contributed by atoms with Crippen LogP contribution in [-0.4, -0.2) is 35.4 Å². The van der Waals surface area contributed by atoms with Gasteiger partial charge in [0, 0.05) is 25.5 Å². The van der Waals surface area contributed by atoms with Gasteiger partial charge in [-0.3, -0.25) is 4.79 Å².